The summed E-state index contributed by atoms with van der Waals surface area (Å²) in [5.74, 6) is -0.168. The van der Waals surface area contributed by atoms with Crippen LogP contribution in [0.3, 0.4) is 0 Å². The van der Waals surface area contributed by atoms with E-state index in [1.165, 1.54) is 0 Å². The number of amides is 1. The number of aryl methyl sites for hydroxylation is 2. The van der Waals surface area contributed by atoms with Crippen LogP contribution in [0, 0.1) is 13.8 Å². The fourth-order valence-electron chi connectivity index (χ4n) is 2.72. The first kappa shape index (κ1) is 14.2. The van der Waals surface area contributed by atoms with Gasteiger partial charge in [-0.25, -0.2) is 0 Å². The number of hydrogen-bond donors (Lipinski definition) is 2. The molecule has 3 rings (SSSR count). The average Bonchev–Trinajstić information content (AvgIpc) is 2.85. The van der Waals surface area contributed by atoms with Crippen LogP contribution < -0.4 is 5.32 Å². The van der Waals surface area contributed by atoms with Crippen LogP contribution in [0.15, 0.2) is 30.6 Å². The van der Waals surface area contributed by atoms with E-state index in [4.69, 9.17) is 0 Å². The Morgan fingerprint density at radius 1 is 1.23 bits per heavy atom. The second-order valence-electron chi connectivity index (χ2n) is 5.27. The van der Waals surface area contributed by atoms with Crippen molar-refractivity contribution in [2.24, 2.45) is 0 Å². The summed E-state index contributed by atoms with van der Waals surface area (Å²) in [6.07, 6.45) is 3.21. The number of aromatic nitrogens is 4. The van der Waals surface area contributed by atoms with Gasteiger partial charge >= 0.3 is 0 Å². The van der Waals surface area contributed by atoms with Gasteiger partial charge in [-0.2, -0.15) is 5.10 Å². The Hall–Kier alpha value is -2.76. The highest BCUT2D eigenvalue weighted by molar-refractivity contribution is 6.04. The van der Waals surface area contributed by atoms with Crippen molar-refractivity contribution < 1.29 is 4.79 Å². The van der Waals surface area contributed by atoms with Crippen LogP contribution >= 0.6 is 0 Å². The van der Waals surface area contributed by atoms with Gasteiger partial charge in [-0.15, -0.1) is 0 Å². The highest BCUT2D eigenvalue weighted by Crippen LogP contribution is 2.20. The van der Waals surface area contributed by atoms with Crippen molar-refractivity contribution >= 4 is 16.9 Å². The lowest BCUT2D eigenvalue weighted by Gasteiger charge is -2.15. The molecule has 2 N–H and O–H groups in total. The van der Waals surface area contributed by atoms with Gasteiger partial charge in [0, 0.05) is 23.7 Å². The van der Waals surface area contributed by atoms with E-state index in [9.17, 15) is 4.79 Å². The predicted octanol–water partition coefficient (Wildman–Crippen LogP) is 2.46. The molecular weight excluding hydrogens is 278 g/mol. The third kappa shape index (κ3) is 2.43. The quantitative estimate of drug-likeness (QED) is 0.777. The van der Waals surface area contributed by atoms with E-state index in [-0.39, 0.29) is 11.9 Å². The molecule has 2 aromatic heterocycles. The van der Waals surface area contributed by atoms with Gasteiger partial charge in [0.1, 0.15) is 5.52 Å². The highest BCUT2D eigenvalue weighted by atomic mass is 16.1. The number of nitrogens with one attached hydrogen (secondary N) is 2. The molecule has 22 heavy (non-hydrogen) atoms. The molecule has 0 aliphatic heterocycles. The number of hydrogen-bond acceptors (Lipinski definition) is 4. The maximum Gasteiger partial charge on any atom is 0.254 e. The number of nitrogens with zero attached hydrogens (tertiary/aromatic N) is 3. The van der Waals surface area contributed by atoms with Crippen molar-refractivity contribution in [3.8, 4) is 0 Å². The smallest absolute Gasteiger partial charge is 0.254 e. The maximum absolute atomic E-state index is 12.6. The zero-order valence-electron chi connectivity index (χ0n) is 12.7. The Labute approximate surface area is 128 Å². The molecule has 1 amide bonds. The van der Waals surface area contributed by atoms with Crippen LogP contribution in [-0.2, 0) is 0 Å². The minimum atomic E-state index is -0.168. The highest BCUT2D eigenvalue weighted by Gasteiger charge is 2.18. The molecule has 0 aliphatic carbocycles. The molecule has 0 saturated heterocycles. The molecule has 3 aromatic rings. The Bertz CT molecular complexity index is 815. The van der Waals surface area contributed by atoms with E-state index in [1.54, 1.807) is 18.5 Å². The Balaban J connectivity index is 1.91. The second kappa shape index (κ2) is 5.55. The van der Waals surface area contributed by atoms with Gasteiger partial charge in [0.05, 0.1) is 22.8 Å². The Morgan fingerprint density at radius 2 is 2.00 bits per heavy atom. The fraction of sp³-hybridized carbons (Fsp3) is 0.250. The summed E-state index contributed by atoms with van der Waals surface area (Å²) < 4.78 is 0. The molecule has 6 heteroatoms. The zero-order chi connectivity index (χ0) is 15.7. The fourth-order valence-corrected chi connectivity index (χ4v) is 2.72. The summed E-state index contributed by atoms with van der Waals surface area (Å²) in [6, 6.07) is 5.27. The van der Waals surface area contributed by atoms with E-state index in [0.717, 1.165) is 17.0 Å². The molecule has 0 fully saturated rings. The minimum Gasteiger partial charge on any atom is -0.345 e. The third-order valence-electron chi connectivity index (χ3n) is 3.71. The molecule has 0 aliphatic rings. The van der Waals surface area contributed by atoms with Gasteiger partial charge in [-0.3, -0.25) is 19.9 Å². The SMILES string of the molecule is Cc1n[nH]c(C)c1[C@@H](C)NC(=O)c1cccc2nccnc12. The molecule has 112 valence electrons. The lowest BCUT2D eigenvalue weighted by Crippen LogP contribution is -2.27. The van der Waals surface area contributed by atoms with E-state index in [1.807, 2.05) is 32.9 Å². The number of carbonyl (C=O) groups is 1. The first-order valence-corrected chi connectivity index (χ1v) is 7.10. The van der Waals surface area contributed by atoms with E-state index >= 15 is 0 Å². The van der Waals surface area contributed by atoms with Crippen LogP contribution in [-0.4, -0.2) is 26.1 Å². The van der Waals surface area contributed by atoms with Crippen molar-refractivity contribution in [2.45, 2.75) is 26.8 Å². The van der Waals surface area contributed by atoms with Crippen molar-refractivity contribution in [1.29, 1.82) is 0 Å². The van der Waals surface area contributed by atoms with Crippen LogP contribution in [0.2, 0.25) is 0 Å². The van der Waals surface area contributed by atoms with Crippen LogP contribution in [0.1, 0.15) is 40.3 Å². The first-order valence-electron chi connectivity index (χ1n) is 7.10. The summed E-state index contributed by atoms with van der Waals surface area (Å²) >= 11 is 0. The van der Waals surface area contributed by atoms with Crippen LogP contribution in [0.4, 0.5) is 0 Å². The molecule has 1 atom stereocenters. The standard InChI is InChI=1S/C16H17N5O/c1-9(14-10(2)20-21-11(14)3)19-16(22)12-5-4-6-13-15(12)18-8-7-17-13/h4-9H,1-3H3,(H,19,22)(H,20,21)/t9-/m1/s1. The number of H-pyrrole nitrogens is 1. The molecule has 0 saturated carbocycles. The molecule has 0 unspecified atom stereocenters. The van der Waals surface area contributed by atoms with Gasteiger partial charge in [0.2, 0.25) is 0 Å². The second-order valence-corrected chi connectivity index (χ2v) is 5.27. The number of carbonyl (C=O) groups excluding carboxylic acids is 1. The van der Waals surface area contributed by atoms with Crippen LogP contribution in [0.5, 0.6) is 0 Å². The molecular formula is C16H17N5O. The van der Waals surface area contributed by atoms with Crippen molar-refractivity contribution in [3.63, 3.8) is 0 Å². The number of para-hydroxylation sites is 1. The molecule has 0 radical (unpaired) electrons. The summed E-state index contributed by atoms with van der Waals surface area (Å²) in [7, 11) is 0. The Kier molecular flexibility index (Phi) is 3.58. The van der Waals surface area contributed by atoms with Gasteiger partial charge in [0.15, 0.2) is 0 Å². The van der Waals surface area contributed by atoms with Gasteiger partial charge in [0.25, 0.3) is 5.91 Å². The van der Waals surface area contributed by atoms with Gasteiger partial charge < -0.3 is 5.32 Å². The minimum absolute atomic E-state index is 0.141. The van der Waals surface area contributed by atoms with Crippen molar-refractivity contribution in [3.05, 3.63) is 53.1 Å². The zero-order valence-corrected chi connectivity index (χ0v) is 12.7. The molecule has 1 aromatic carbocycles. The largest absolute Gasteiger partial charge is 0.345 e. The normalized spacial score (nSPS) is 12.3. The van der Waals surface area contributed by atoms with E-state index in [2.05, 4.69) is 25.5 Å². The predicted molar refractivity (Wildman–Crippen MR) is 83.5 cm³/mol. The topological polar surface area (TPSA) is 83.6 Å². The third-order valence-corrected chi connectivity index (χ3v) is 3.71. The van der Waals surface area contributed by atoms with Crippen molar-refractivity contribution in [1.82, 2.24) is 25.5 Å². The summed E-state index contributed by atoms with van der Waals surface area (Å²) in [5.41, 5.74) is 4.70. The van der Waals surface area contributed by atoms with Gasteiger partial charge in [-0.1, -0.05) is 6.07 Å². The number of aromatic amines is 1. The van der Waals surface area contributed by atoms with E-state index < -0.39 is 0 Å². The molecule has 6 nitrogen and oxygen atoms in total. The average molecular weight is 295 g/mol. The lowest BCUT2D eigenvalue weighted by molar-refractivity contribution is 0.0941. The van der Waals surface area contributed by atoms with Crippen LogP contribution in [0.25, 0.3) is 11.0 Å². The van der Waals surface area contributed by atoms with E-state index in [0.29, 0.717) is 16.6 Å². The Morgan fingerprint density at radius 3 is 2.73 bits per heavy atom. The first-order chi connectivity index (χ1) is 10.6. The molecule has 0 spiro atoms. The number of rotatable bonds is 3. The maximum atomic E-state index is 12.6. The summed E-state index contributed by atoms with van der Waals surface area (Å²) in [6.45, 7) is 5.81. The number of benzene rings is 1. The molecule has 0 bridgehead atoms. The molecule has 2 heterocycles. The number of fused-ring (bicyclic) bond motifs is 1. The van der Waals surface area contributed by atoms with Gasteiger partial charge in [-0.05, 0) is 32.9 Å². The summed E-state index contributed by atoms with van der Waals surface area (Å²) in [4.78, 5) is 21.1. The lowest BCUT2D eigenvalue weighted by atomic mass is 10.1. The monoisotopic (exact) mass is 295 g/mol. The summed E-state index contributed by atoms with van der Waals surface area (Å²) in [5, 5.41) is 10.1. The van der Waals surface area contributed by atoms with Crippen molar-refractivity contribution in [2.75, 3.05) is 0 Å².